The van der Waals surface area contributed by atoms with Crippen LogP contribution in [0.5, 0.6) is 0 Å². The molecule has 0 fully saturated rings. The van der Waals surface area contributed by atoms with E-state index in [9.17, 15) is 13.6 Å². The molecule has 1 amide bonds. The third kappa shape index (κ3) is 4.74. The topological polar surface area (TPSA) is 115 Å². The molecule has 0 bridgehead atoms. The van der Waals surface area contributed by atoms with E-state index in [-0.39, 0.29) is 40.2 Å². The Labute approximate surface area is 188 Å². The van der Waals surface area contributed by atoms with Crippen molar-refractivity contribution < 1.29 is 18.1 Å². The number of halogens is 2. The lowest BCUT2D eigenvalue weighted by atomic mass is 10.1. The van der Waals surface area contributed by atoms with Gasteiger partial charge in [-0.1, -0.05) is 5.16 Å². The second kappa shape index (κ2) is 9.60. The van der Waals surface area contributed by atoms with Crippen molar-refractivity contribution in [3.05, 3.63) is 47.1 Å². The maximum Gasteiger partial charge on any atom is 0.292 e. The molecule has 172 valence electrons. The molecule has 0 aliphatic heterocycles. The predicted molar refractivity (Wildman–Crippen MR) is 118 cm³/mol. The van der Waals surface area contributed by atoms with Gasteiger partial charge in [-0.05, 0) is 32.8 Å². The second-order valence-corrected chi connectivity index (χ2v) is 7.51. The van der Waals surface area contributed by atoms with Crippen molar-refractivity contribution in [2.24, 2.45) is 0 Å². The Balaban J connectivity index is 0.00000149. The third-order valence-corrected chi connectivity index (χ3v) is 5.21. The van der Waals surface area contributed by atoms with Crippen molar-refractivity contribution in [3.63, 3.8) is 0 Å². The minimum Gasteiger partial charge on any atom is -0.368 e. The maximum absolute atomic E-state index is 14.1. The van der Waals surface area contributed by atoms with E-state index in [2.05, 4.69) is 33.1 Å². The Hall–Kier alpha value is -4.07. The largest absolute Gasteiger partial charge is 0.368 e. The molecular weight excluding hydrogens is 432 g/mol. The normalized spacial score (nSPS) is 11.8. The number of rotatable bonds is 6. The summed E-state index contributed by atoms with van der Waals surface area (Å²) in [5.74, 6) is -1.15. The number of nitrogens with two attached hydrogens (primary N) is 1. The first-order valence-corrected chi connectivity index (χ1v) is 10.1. The van der Waals surface area contributed by atoms with Gasteiger partial charge in [0.25, 0.3) is 5.91 Å². The van der Waals surface area contributed by atoms with Gasteiger partial charge in [0.05, 0.1) is 11.1 Å². The summed E-state index contributed by atoms with van der Waals surface area (Å²) < 4.78 is 34.1. The zero-order valence-electron chi connectivity index (χ0n) is 18.4. The lowest BCUT2D eigenvalue weighted by Crippen LogP contribution is -2.34. The van der Waals surface area contributed by atoms with E-state index < -0.39 is 11.6 Å². The van der Waals surface area contributed by atoms with Gasteiger partial charge in [0.15, 0.2) is 17.3 Å². The Morgan fingerprint density at radius 3 is 2.67 bits per heavy atom. The molecule has 33 heavy (non-hydrogen) atoms. The van der Waals surface area contributed by atoms with Gasteiger partial charge in [0, 0.05) is 31.6 Å². The molecule has 0 aliphatic rings. The molecule has 2 N–H and O–H groups in total. The summed E-state index contributed by atoms with van der Waals surface area (Å²) in [5.41, 5.74) is 6.72. The third-order valence-electron chi connectivity index (χ3n) is 5.21. The van der Waals surface area contributed by atoms with Crippen molar-refractivity contribution in [2.75, 3.05) is 12.8 Å². The molecular formula is C22H23F2N7O2. The van der Waals surface area contributed by atoms with Crippen LogP contribution in [-0.2, 0) is 6.42 Å². The van der Waals surface area contributed by atoms with Crippen molar-refractivity contribution >= 4 is 28.4 Å². The van der Waals surface area contributed by atoms with Crippen LogP contribution >= 0.6 is 0 Å². The minimum atomic E-state index is -0.808. The average Bonchev–Trinajstić information content (AvgIpc) is 3.42. The number of hydrogen-bond acceptors (Lipinski definition) is 7. The second-order valence-electron chi connectivity index (χ2n) is 7.51. The van der Waals surface area contributed by atoms with Crippen LogP contribution in [-0.4, -0.2) is 48.6 Å². The number of nitrogen functional groups attached to an aromatic ring is 1. The summed E-state index contributed by atoms with van der Waals surface area (Å²) in [4.78, 5) is 22.4. The van der Waals surface area contributed by atoms with Gasteiger partial charge in [-0.2, -0.15) is 4.52 Å². The fraction of sp³-hybridized carbons (Fsp3) is 0.318. The van der Waals surface area contributed by atoms with Crippen molar-refractivity contribution in [1.82, 2.24) is 29.6 Å². The molecule has 3 aromatic heterocycles. The summed E-state index contributed by atoms with van der Waals surface area (Å²) >= 11 is 0. The molecule has 0 saturated heterocycles. The van der Waals surface area contributed by atoms with E-state index in [1.807, 2.05) is 6.92 Å². The monoisotopic (exact) mass is 455 g/mol. The van der Waals surface area contributed by atoms with Gasteiger partial charge in [-0.3, -0.25) is 4.79 Å². The number of hydrogen-bond donors (Lipinski definition) is 1. The highest BCUT2D eigenvalue weighted by Gasteiger charge is 2.21. The fourth-order valence-corrected chi connectivity index (χ4v) is 3.39. The Morgan fingerprint density at radius 2 is 2.00 bits per heavy atom. The molecule has 0 unspecified atom stereocenters. The van der Waals surface area contributed by atoms with Crippen LogP contribution in [0.3, 0.4) is 0 Å². The molecule has 9 nitrogen and oxygen atoms in total. The quantitative estimate of drug-likeness (QED) is 0.444. The number of nitrogens with zero attached hydrogens (tertiary/aromatic N) is 6. The van der Waals surface area contributed by atoms with E-state index in [1.165, 1.54) is 4.52 Å². The summed E-state index contributed by atoms with van der Waals surface area (Å²) in [6.45, 7) is 3.68. The smallest absolute Gasteiger partial charge is 0.292 e. The summed E-state index contributed by atoms with van der Waals surface area (Å²) in [6.07, 6.45) is 9.86. The average molecular weight is 455 g/mol. The number of terminal acetylenes is 1. The van der Waals surface area contributed by atoms with Crippen LogP contribution in [0.2, 0.25) is 0 Å². The number of benzene rings is 1. The van der Waals surface area contributed by atoms with Crippen LogP contribution in [0, 0.1) is 31.4 Å². The number of aromatic nitrogens is 5. The summed E-state index contributed by atoms with van der Waals surface area (Å²) in [5, 5.41) is 8.26. The van der Waals surface area contributed by atoms with Crippen molar-refractivity contribution in [1.29, 1.82) is 0 Å². The highest BCUT2D eigenvalue weighted by molar-refractivity contribution is 5.92. The number of aryl methyl sites for hydroxylation is 2. The molecule has 1 atom stereocenters. The summed E-state index contributed by atoms with van der Waals surface area (Å²) in [6, 6.07) is 3.44. The predicted octanol–water partition coefficient (Wildman–Crippen LogP) is 3.17. The van der Waals surface area contributed by atoms with Crippen molar-refractivity contribution in [2.45, 2.75) is 39.2 Å². The van der Waals surface area contributed by atoms with Crippen LogP contribution in [0.1, 0.15) is 41.8 Å². The Kier molecular flexibility index (Phi) is 6.86. The highest BCUT2D eigenvalue weighted by atomic mass is 19.1. The first-order valence-electron chi connectivity index (χ1n) is 10.1. The van der Waals surface area contributed by atoms with Gasteiger partial charge in [-0.15, -0.1) is 17.9 Å². The van der Waals surface area contributed by atoms with E-state index in [1.54, 1.807) is 24.9 Å². The molecule has 4 rings (SSSR count). The highest BCUT2D eigenvalue weighted by Crippen LogP contribution is 2.24. The first kappa shape index (κ1) is 23.6. The Morgan fingerprint density at radius 1 is 1.27 bits per heavy atom. The van der Waals surface area contributed by atoms with E-state index >= 15 is 0 Å². The number of carbonyl (C=O) groups is 1. The van der Waals surface area contributed by atoms with Gasteiger partial charge < -0.3 is 15.2 Å². The zero-order valence-corrected chi connectivity index (χ0v) is 18.4. The molecule has 11 heteroatoms. The van der Waals surface area contributed by atoms with Crippen LogP contribution in [0.4, 0.5) is 14.7 Å². The zero-order chi connectivity index (χ0) is 24.3. The SMILES string of the molecule is C#C.Cc1cc(C(=O)N(C)[C@@H](C)CCCc2nc3c4cc(F)cc(F)c4nc(N)n3n2)on1. The van der Waals surface area contributed by atoms with Gasteiger partial charge in [-0.25, -0.2) is 18.7 Å². The van der Waals surface area contributed by atoms with E-state index in [0.29, 0.717) is 30.8 Å². The molecule has 0 saturated carbocycles. The minimum absolute atomic E-state index is 0.0344. The van der Waals surface area contributed by atoms with E-state index in [0.717, 1.165) is 12.1 Å². The summed E-state index contributed by atoms with van der Waals surface area (Å²) in [7, 11) is 1.70. The van der Waals surface area contributed by atoms with Crippen LogP contribution in [0.25, 0.3) is 16.6 Å². The molecule has 1 aromatic carbocycles. The standard InChI is InChI=1S/C20H21F2N7O2.C2H2/c1-10-7-15(31-27-10)19(30)28(3)11(2)5-4-6-16-24-18-13-8-12(21)9-14(22)17(13)25-20(23)29(18)26-16;1-2/h7-9,11H,4-6H2,1-3H3,(H2,23,25);1-2H/t11-;/m0./s1. The Bertz CT molecular complexity index is 1330. The first-order chi connectivity index (χ1) is 15.7. The molecule has 3 heterocycles. The molecule has 0 aliphatic carbocycles. The number of fused-ring (bicyclic) bond motifs is 3. The molecule has 0 radical (unpaired) electrons. The van der Waals surface area contributed by atoms with Crippen molar-refractivity contribution in [3.8, 4) is 12.8 Å². The van der Waals surface area contributed by atoms with Gasteiger partial charge in [0.2, 0.25) is 11.7 Å². The van der Waals surface area contributed by atoms with Gasteiger partial charge >= 0.3 is 0 Å². The van der Waals surface area contributed by atoms with Crippen LogP contribution < -0.4 is 5.73 Å². The maximum atomic E-state index is 14.1. The number of anilines is 1. The van der Waals surface area contributed by atoms with E-state index in [4.69, 9.17) is 10.3 Å². The lowest BCUT2D eigenvalue weighted by molar-refractivity contribution is 0.0693. The van der Waals surface area contributed by atoms with Crippen LogP contribution in [0.15, 0.2) is 22.7 Å². The van der Waals surface area contributed by atoms with Gasteiger partial charge in [0.1, 0.15) is 11.3 Å². The fourth-order valence-electron chi connectivity index (χ4n) is 3.39. The molecule has 4 aromatic rings. The lowest BCUT2D eigenvalue weighted by Gasteiger charge is -2.23. The number of carbonyl (C=O) groups excluding carboxylic acids is 1. The number of amides is 1. The molecule has 0 spiro atoms.